The summed E-state index contributed by atoms with van der Waals surface area (Å²) in [5.41, 5.74) is 1.03. The van der Waals surface area contributed by atoms with Crippen LogP contribution in [0.25, 0.3) is 0 Å². The number of hydrogen-bond donors (Lipinski definition) is 0. The lowest BCUT2D eigenvalue weighted by Gasteiger charge is -2.22. The summed E-state index contributed by atoms with van der Waals surface area (Å²) in [7, 11) is 0. The average molecular weight is 196 g/mol. The van der Waals surface area contributed by atoms with Gasteiger partial charge >= 0.3 is 0 Å². The summed E-state index contributed by atoms with van der Waals surface area (Å²) in [6.45, 7) is 8.72. The maximum absolute atomic E-state index is 13.0. The highest BCUT2D eigenvalue weighted by Crippen LogP contribution is 2.31. The van der Waals surface area contributed by atoms with Gasteiger partial charge in [0.1, 0.15) is 11.6 Å². The first-order chi connectivity index (χ1) is 6.45. The molecule has 0 aliphatic carbocycles. The molecule has 1 aromatic carbocycles. The van der Waals surface area contributed by atoms with Crippen molar-refractivity contribution in [2.45, 2.75) is 33.1 Å². The van der Waals surface area contributed by atoms with Crippen LogP contribution >= 0.6 is 0 Å². The van der Waals surface area contributed by atoms with Crippen LogP contribution in [0.2, 0.25) is 0 Å². The predicted octanol–water partition coefficient (Wildman–Crippen LogP) is 3.52. The van der Waals surface area contributed by atoms with Crippen molar-refractivity contribution in [1.29, 1.82) is 0 Å². The van der Waals surface area contributed by atoms with E-state index in [1.165, 1.54) is 12.1 Å². The Morgan fingerprint density at radius 3 is 2.43 bits per heavy atom. The Morgan fingerprint density at radius 1 is 1.29 bits per heavy atom. The average Bonchev–Trinajstić information content (AvgIpc) is 2.02. The lowest BCUT2D eigenvalue weighted by Crippen LogP contribution is -2.13. The maximum atomic E-state index is 13.0. The lowest BCUT2D eigenvalue weighted by atomic mass is 9.86. The van der Waals surface area contributed by atoms with Gasteiger partial charge in [-0.1, -0.05) is 26.8 Å². The molecule has 1 aromatic rings. The van der Waals surface area contributed by atoms with E-state index >= 15 is 0 Å². The third kappa shape index (κ3) is 2.47. The minimum absolute atomic E-state index is 0.0157. The second-order valence-electron chi connectivity index (χ2n) is 4.32. The number of hydrogen-bond acceptors (Lipinski definition) is 1. The third-order valence-electron chi connectivity index (χ3n) is 2.05. The highest BCUT2D eigenvalue weighted by molar-refractivity contribution is 5.38. The molecule has 0 unspecified atom stereocenters. The van der Waals surface area contributed by atoms with Crippen LogP contribution in [0.1, 0.15) is 33.3 Å². The largest absolute Gasteiger partial charge is 0.493 e. The van der Waals surface area contributed by atoms with Gasteiger partial charge in [0.15, 0.2) is 0 Å². The van der Waals surface area contributed by atoms with E-state index in [1.807, 2.05) is 6.92 Å². The predicted molar refractivity (Wildman–Crippen MR) is 56.3 cm³/mol. The van der Waals surface area contributed by atoms with Crippen LogP contribution in [0.4, 0.5) is 4.39 Å². The summed E-state index contributed by atoms with van der Waals surface area (Å²) in [4.78, 5) is 0. The van der Waals surface area contributed by atoms with Crippen LogP contribution in [0.5, 0.6) is 5.75 Å². The molecule has 0 spiro atoms. The molecular formula is C12H17FO. The first kappa shape index (κ1) is 11.0. The van der Waals surface area contributed by atoms with Gasteiger partial charge in [0, 0.05) is 6.07 Å². The topological polar surface area (TPSA) is 9.23 Å². The Labute approximate surface area is 84.9 Å². The van der Waals surface area contributed by atoms with Crippen molar-refractivity contribution in [1.82, 2.24) is 0 Å². The van der Waals surface area contributed by atoms with Crippen LogP contribution < -0.4 is 4.74 Å². The Hall–Kier alpha value is -1.05. The Bertz CT molecular complexity index is 313. The van der Waals surface area contributed by atoms with Crippen molar-refractivity contribution >= 4 is 0 Å². The molecule has 0 aliphatic heterocycles. The Kier molecular flexibility index (Phi) is 3.14. The Morgan fingerprint density at radius 2 is 1.93 bits per heavy atom. The van der Waals surface area contributed by atoms with Gasteiger partial charge in [0.25, 0.3) is 0 Å². The summed E-state index contributed by atoms with van der Waals surface area (Å²) < 4.78 is 18.4. The molecular weight excluding hydrogens is 179 g/mol. The molecule has 0 saturated heterocycles. The molecule has 0 amide bonds. The fourth-order valence-corrected chi connectivity index (χ4v) is 1.39. The number of benzene rings is 1. The molecule has 2 heteroatoms. The number of rotatable bonds is 2. The monoisotopic (exact) mass is 196 g/mol. The molecule has 0 N–H and O–H groups in total. The van der Waals surface area contributed by atoms with Gasteiger partial charge < -0.3 is 4.74 Å². The first-order valence-electron chi connectivity index (χ1n) is 4.88. The molecule has 0 saturated carbocycles. The molecule has 0 aliphatic rings. The summed E-state index contributed by atoms with van der Waals surface area (Å²) in [6, 6.07) is 4.72. The quantitative estimate of drug-likeness (QED) is 0.703. The fraction of sp³-hybridized carbons (Fsp3) is 0.500. The van der Waals surface area contributed by atoms with E-state index in [0.29, 0.717) is 12.4 Å². The second kappa shape index (κ2) is 3.99. The van der Waals surface area contributed by atoms with Gasteiger partial charge in [0.05, 0.1) is 6.61 Å². The zero-order chi connectivity index (χ0) is 10.8. The molecule has 0 fully saturated rings. The normalized spacial score (nSPS) is 11.5. The second-order valence-corrected chi connectivity index (χ2v) is 4.32. The van der Waals surface area contributed by atoms with Gasteiger partial charge in [-0.05, 0) is 24.0 Å². The summed E-state index contributed by atoms with van der Waals surface area (Å²) in [6.07, 6.45) is 0. The van der Waals surface area contributed by atoms with Crippen molar-refractivity contribution < 1.29 is 9.13 Å². The fourth-order valence-electron chi connectivity index (χ4n) is 1.39. The van der Waals surface area contributed by atoms with Gasteiger partial charge in [-0.15, -0.1) is 0 Å². The van der Waals surface area contributed by atoms with Gasteiger partial charge in [-0.2, -0.15) is 0 Å². The van der Waals surface area contributed by atoms with Crippen molar-refractivity contribution in [2.75, 3.05) is 6.61 Å². The highest BCUT2D eigenvalue weighted by Gasteiger charge is 2.19. The number of ether oxygens (including phenoxy) is 1. The SMILES string of the molecule is CCOc1cc(F)ccc1C(C)(C)C. The molecule has 1 nitrogen and oxygen atoms in total. The van der Waals surface area contributed by atoms with E-state index in [4.69, 9.17) is 4.74 Å². The molecule has 0 atom stereocenters. The van der Waals surface area contributed by atoms with E-state index in [9.17, 15) is 4.39 Å². The van der Waals surface area contributed by atoms with E-state index in [1.54, 1.807) is 6.07 Å². The van der Waals surface area contributed by atoms with Crippen LogP contribution in [-0.2, 0) is 5.41 Å². The van der Waals surface area contributed by atoms with E-state index in [2.05, 4.69) is 20.8 Å². The van der Waals surface area contributed by atoms with Crippen molar-refractivity contribution in [2.24, 2.45) is 0 Å². The molecule has 14 heavy (non-hydrogen) atoms. The van der Waals surface area contributed by atoms with Gasteiger partial charge in [-0.3, -0.25) is 0 Å². The zero-order valence-corrected chi connectivity index (χ0v) is 9.23. The Balaban J connectivity index is 3.15. The lowest BCUT2D eigenvalue weighted by molar-refractivity contribution is 0.327. The highest BCUT2D eigenvalue weighted by atomic mass is 19.1. The van der Waals surface area contributed by atoms with E-state index in [0.717, 1.165) is 5.56 Å². The van der Waals surface area contributed by atoms with Gasteiger partial charge in [-0.25, -0.2) is 4.39 Å². The van der Waals surface area contributed by atoms with E-state index < -0.39 is 0 Å². The standard InChI is InChI=1S/C12H17FO/c1-5-14-11-8-9(13)6-7-10(11)12(2,3)4/h6-8H,5H2,1-4H3. The molecule has 0 radical (unpaired) electrons. The van der Waals surface area contributed by atoms with Crippen LogP contribution in [-0.4, -0.2) is 6.61 Å². The first-order valence-corrected chi connectivity index (χ1v) is 4.88. The summed E-state index contributed by atoms with van der Waals surface area (Å²) in [5, 5.41) is 0. The molecule has 0 bridgehead atoms. The van der Waals surface area contributed by atoms with Crippen molar-refractivity contribution in [3.63, 3.8) is 0 Å². The molecule has 0 heterocycles. The van der Waals surface area contributed by atoms with Crippen molar-refractivity contribution in [3.05, 3.63) is 29.6 Å². The molecule has 0 aromatic heterocycles. The third-order valence-corrected chi connectivity index (χ3v) is 2.05. The van der Waals surface area contributed by atoms with Crippen LogP contribution in [0.3, 0.4) is 0 Å². The van der Waals surface area contributed by atoms with E-state index in [-0.39, 0.29) is 11.2 Å². The summed E-state index contributed by atoms with van der Waals surface area (Å²) >= 11 is 0. The molecule has 78 valence electrons. The number of halogens is 1. The smallest absolute Gasteiger partial charge is 0.126 e. The zero-order valence-electron chi connectivity index (χ0n) is 9.23. The minimum atomic E-state index is -0.249. The molecule has 1 rings (SSSR count). The van der Waals surface area contributed by atoms with Crippen LogP contribution in [0, 0.1) is 5.82 Å². The summed E-state index contributed by atoms with van der Waals surface area (Å²) in [5.74, 6) is 0.404. The van der Waals surface area contributed by atoms with Gasteiger partial charge in [0.2, 0.25) is 0 Å². The minimum Gasteiger partial charge on any atom is -0.493 e. The van der Waals surface area contributed by atoms with Crippen LogP contribution in [0.15, 0.2) is 18.2 Å². The maximum Gasteiger partial charge on any atom is 0.126 e. The van der Waals surface area contributed by atoms with Crippen molar-refractivity contribution in [3.8, 4) is 5.75 Å².